The molecule has 0 saturated carbocycles. The zero-order valence-electron chi connectivity index (χ0n) is 11.4. The van der Waals surface area contributed by atoms with Crippen molar-refractivity contribution in [1.29, 1.82) is 0 Å². The van der Waals surface area contributed by atoms with E-state index in [-0.39, 0.29) is 5.91 Å². The number of hydrogen-bond acceptors (Lipinski definition) is 3. The maximum atomic E-state index is 12.0. The van der Waals surface area contributed by atoms with Crippen LogP contribution in [0.5, 0.6) is 0 Å². The van der Waals surface area contributed by atoms with Crippen molar-refractivity contribution in [2.75, 3.05) is 26.2 Å². The zero-order chi connectivity index (χ0) is 13.8. The summed E-state index contributed by atoms with van der Waals surface area (Å²) in [7, 11) is 0. The molecule has 0 aliphatic carbocycles. The maximum Gasteiger partial charge on any atom is 0.254 e. The summed E-state index contributed by atoms with van der Waals surface area (Å²) >= 11 is 6.06. The molecule has 1 saturated heterocycles. The fourth-order valence-corrected chi connectivity index (χ4v) is 2.69. The highest BCUT2D eigenvalue weighted by atomic mass is 35.5. The standard InChI is InChI=1S/C14H20ClN3O/c1-3-18-5-4-11(9-18)7-17-14(19)12-8-16-10(2)6-13(12)15/h6,8,11H,3-5,7,9H2,1-2H3,(H,17,19). The van der Waals surface area contributed by atoms with Crippen LogP contribution in [-0.2, 0) is 0 Å². The molecule has 1 fully saturated rings. The second-order valence-electron chi connectivity index (χ2n) is 5.06. The quantitative estimate of drug-likeness (QED) is 0.919. The number of carbonyl (C=O) groups excluding carboxylic acids is 1. The lowest BCUT2D eigenvalue weighted by atomic mass is 10.1. The Labute approximate surface area is 119 Å². The minimum Gasteiger partial charge on any atom is -0.352 e. The van der Waals surface area contributed by atoms with Crippen molar-refractivity contribution in [2.45, 2.75) is 20.3 Å². The van der Waals surface area contributed by atoms with Gasteiger partial charge in [0.25, 0.3) is 5.91 Å². The summed E-state index contributed by atoms with van der Waals surface area (Å²) in [6.07, 6.45) is 2.69. The molecule has 1 aromatic heterocycles. The summed E-state index contributed by atoms with van der Waals surface area (Å²) in [5.74, 6) is 0.411. The first kappa shape index (κ1) is 14.3. The van der Waals surface area contributed by atoms with Crippen LogP contribution in [-0.4, -0.2) is 42.0 Å². The van der Waals surface area contributed by atoms with Gasteiger partial charge in [-0.05, 0) is 38.4 Å². The summed E-state index contributed by atoms with van der Waals surface area (Å²) in [5.41, 5.74) is 1.27. The number of rotatable bonds is 4. The average Bonchev–Trinajstić information content (AvgIpc) is 2.84. The summed E-state index contributed by atoms with van der Waals surface area (Å²) in [4.78, 5) is 18.5. The molecule has 2 rings (SSSR count). The van der Waals surface area contributed by atoms with Crippen molar-refractivity contribution >= 4 is 17.5 Å². The van der Waals surface area contributed by atoms with E-state index in [4.69, 9.17) is 11.6 Å². The first-order valence-electron chi connectivity index (χ1n) is 6.73. The van der Waals surface area contributed by atoms with Gasteiger partial charge >= 0.3 is 0 Å². The van der Waals surface area contributed by atoms with E-state index in [1.165, 1.54) is 0 Å². The van der Waals surface area contributed by atoms with Crippen LogP contribution >= 0.6 is 11.6 Å². The number of pyridine rings is 1. The Kier molecular flexibility index (Phi) is 4.77. The van der Waals surface area contributed by atoms with E-state index in [0.717, 1.165) is 31.7 Å². The molecule has 104 valence electrons. The number of aromatic nitrogens is 1. The second kappa shape index (κ2) is 6.35. The third-order valence-electron chi connectivity index (χ3n) is 3.60. The molecule has 19 heavy (non-hydrogen) atoms. The molecule has 1 amide bonds. The molecule has 2 heterocycles. The third-order valence-corrected chi connectivity index (χ3v) is 3.92. The van der Waals surface area contributed by atoms with E-state index < -0.39 is 0 Å². The van der Waals surface area contributed by atoms with Crippen LogP contribution in [0.1, 0.15) is 29.4 Å². The van der Waals surface area contributed by atoms with Gasteiger partial charge in [0.15, 0.2) is 0 Å². The molecule has 1 aliphatic heterocycles. The molecule has 5 heteroatoms. The topological polar surface area (TPSA) is 45.2 Å². The van der Waals surface area contributed by atoms with Crippen molar-refractivity contribution in [3.63, 3.8) is 0 Å². The van der Waals surface area contributed by atoms with Crippen LogP contribution in [0.25, 0.3) is 0 Å². The Balaban J connectivity index is 1.88. The van der Waals surface area contributed by atoms with E-state index in [2.05, 4.69) is 22.1 Å². The van der Waals surface area contributed by atoms with Gasteiger partial charge in [0, 0.05) is 25.0 Å². The predicted octanol–water partition coefficient (Wildman–Crippen LogP) is 2.12. The molecule has 0 radical (unpaired) electrons. The number of aryl methyl sites for hydroxylation is 1. The first-order chi connectivity index (χ1) is 9.10. The number of hydrogen-bond donors (Lipinski definition) is 1. The van der Waals surface area contributed by atoms with Crippen LogP contribution in [0.2, 0.25) is 5.02 Å². The molecular weight excluding hydrogens is 262 g/mol. The fourth-order valence-electron chi connectivity index (χ4n) is 2.39. The number of halogens is 1. The molecule has 1 unspecified atom stereocenters. The molecular formula is C14H20ClN3O. The summed E-state index contributed by atoms with van der Waals surface area (Å²) in [5, 5.41) is 3.42. The predicted molar refractivity (Wildman–Crippen MR) is 76.5 cm³/mol. The van der Waals surface area contributed by atoms with E-state index >= 15 is 0 Å². The minimum atomic E-state index is -0.132. The SMILES string of the molecule is CCN1CCC(CNC(=O)c2cnc(C)cc2Cl)C1. The van der Waals surface area contributed by atoms with Gasteiger partial charge in [-0.2, -0.15) is 0 Å². The number of nitrogens with one attached hydrogen (secondary N) is 1. The number of amides is 1. The van der Waals surface area contributed by atoms with Crippen molar-refractivity contribution in [2.24, 2.45) is 5.92 Å². The lowest BCUT2D eigenvalue weighted by Gasteiger charge is -2.14. The van der Waals surface area contributed by atoms with Gasteiger partial charge in [-0.25, -0.2) is 0 Å². The third kappa shape index (κ3) is 3.67. The highest BCUT2D eigenvalue weighted by Crippen LogP contribution is 2.17. The summed E-state index contributed by atoms with van der Waals surface area (Å²) in [6.45, 7) is 8.00. The van der Waals surface area contributed by atoms with Crippen LogP contribution in [0.4, 0.5) is 0 Å². The first-order valence-corrected chi connectivity index (χ1v) is 7.10. The molecule has 0 aromatic carbocycles. The fraction of sp³-hybridized carbons (Fsp3) is 0.571. The molecule has 0 bridgehead atoms. The van der Waals surface area contributed by atoms with Crippen molar-refractivity contribution < 1.29 is 4.79 Å². The second-order valence-corrected chi connectivity index (χ2v) is 5.47. The zero-order valence-corrected chi connectivity index (χ0v) is 12.2. The highest BCUT2D eigenvalue weighted by molar-refractivity contribution is 6.33. The lowest BCUT2D eigenvalue weighted by molar-refractivity contribution is 0.0947. The lowest BCUT2D eigenvalue weighted by Crippen LogP contribution is -2.31. The normalized spacial score (nSPS) is 19.6. The van der Waals surface area contributed by atoms with Gasteiger partial charge in [0.2, 0.25) is 0 Å². The maximum absolute atomic E-state index is 12.0. The van der Waals surface area contributed by atoms with Gasteiger partial charge < -0.3 is 10.2 Å². The Bertz CT molecular complexity index is 464. The van der Waals surface area contributed by atoms with Crippen molar-refractivity contribution in [3.05, 3.63) is 28.5 Å². The molecule has 0 spiro atoms. The van der Waals surface area contributed by atoms with Gasteiger partial charge in [-0.3, -0.25) is 9.78 Å². The van der Waals surface area contributed by atoms with Gasteiger partial charge in [0.1, 0.15) is 0 Å². The van der Waals surface area contributed by atoms with Crippen LogP contribution < -0.4 is 5.32 Å². The number of nitrogens with zero attached hydrogens (tertiary/aromatic N) is 2. The van der Waals surface area contributed by atoms with Crippen LogP contribution in [0.3, 0.4) is 0 Å². The summed E-state index contributed by atoms with van der Waals surface area (Å²) in [6, 6.07) is 1.71. The monoisotopic (exact) mass is 281 g/mol. The van der Waals surface area contributed by atoms with Crippen LogP contribution in [0.15, 0.2) is 12.3 Å². The largest absolute Gasteiger partial charge is 0.352 e. The molecule has 4 nitrogen and oxygen atoms in total. The van der Waals surface area contributed by atoms with E-state index in [9.17, 15) is 4.79 Å². The van der Waals surface area contributed by atoms with Gasteiger partial charge in [-0.1, -0.05) is 18.5 Å². The van der Waals surface area contributed by atoms with Crippen molar-refractivity contribution in [1.82, 2.24) is 15.2 Å². The smallest absolute Gasteiger partial charge is 0.254 e. The van der Waals surface area contributed by atoms with Crippen molar-refractivity contribution in [3.8, 4) is 0 Å². The summed E-state index contributed by atoms with van der Waals surface area (Å²) < 4.78 is 0. The molecule has 1 N–H and O–H groups in total. The van der Waals surface area contributed by atoms with E-state index in [1.807, 2.05) is 6.92 Å². The number of carbonyl (C=O) groups is 1. The Morgan fingerprint density at radius 2 is 2.42 bits per heavy atom. The molecule has 1 atom stereocenters. The molecule has 1 aliphatic rings. The van der Waals surface area contributed by atoms with Gasteiger partial charge in [0.05, 0.1) is 10.6 Å². The molecule has 1 aromatic rings. The van der Waals surface area contributed by atoms with Gasteiger partial charge in [-0.15, -0.1) is 0 Å². The van der Waals surface area contributed by atoms with E-state index in [1.54, 1.807) is 12.3 Å². The average molecular weight is 282 g/mol. The van der Waals surface area contributed by atoms with E-state index in [0.29, 0.717) is 23.0 Å². The Hall–Kier alpha value is -1.13. The Morgan fingerprint density at radius 3 is 3.05 bits per heavy atom. The highest BCUT2D eigenvalue weighted by Gasteiger charge is 2.22. The number of likely N-dealkylation sites (tertiary alicyclic amines) is 1. The Morgan fingerprint density at radius 1 is 1.63 bits per heavy atom. The minimum absolute atomic E-state index is 0.132. The van der Waals surface area contributed by atoms with Crippen LogP contribution in [0, 0.1) is 12.8 Å².